The van der Waals surface area contributed by atoms with E-state index in [1.54, 1.807) is 6.07 Å². The standard InChI is InChI=1S/C12H19N3O2S/c1-12(2,8-13)15-10(16)5-6-14-11(17)9-4-3-7-18-9/h3-4,7H,5-6,8,13H2,1-2H3,(H,14,17)(H,15,16). The molecule has 4 N–H and O–H groups in total. The summed E-state index contributed by atoms with van der Waals surface area (Å²) >= 11 is 1.37. The Morgan fingerprint density at radius 1 is 1.44 bits per heavy atom. The third-order valence-electron chi connectivity index (χ3n) is 2.37. The highest BCUT2D eigenvalue weighted by Gasteiger charge is 2.17. The van der Waals surface area contributed by atoms with Gasteiger partial charge in [0, 0.05) is 25.0 Å². The van der Waals surface area contributed by atoms with Gasteiger partial charge in [-0.25, -0.2) is 0 Å². The van der Waals surface area contributed by atoms with Gasteiger partial charge >= 0.3 is 0 Å². The highest BCUT2D eigenvalue weighted by atomic mass is 32.1. The SMILES string of the molecule is CC(C)(CN)NC(=O)CCNC(=O)c1cccs1. The number of carbonyl (C=O) groups is 2. The molecule has 0 saturated heterocycles. The van der Waals surface area contributed by atoms with E-state index in [1.165, 1.54) is 11.3 Å². The lowest BCUT2D eigenvalue weighted by atomic mass is 10.1. The fraction of sp³-hybridized carbons (Fsp3) is 0.500. The Morgan fingerprint density at radius 3 is 2.72 bits per heavy atom. The topological polar surface area (TPSA) is 84.2 Å². The maximum absolute atomic E-state index is 11.6. The third kappa shape index (κ3) is 4.85. The zero-order valence-electron chi connectivity index (χ0n) is 10.7. The molecule has 1 aromatic heterocycles. The van der Waals surface area contributed by atoms with Gasteiger partial charge < -0.3 is 16.4 Å². The molecule has 0 aliphatic carbocycles. The normalized spacial score (nSPS) is 11.1. The maximum Gasteiger partial charge on any atom is 0.261 e. The summed E-state index contributed by atoms with van der Waals surface area (Å²) in [6.45, 7) is 4.41. The summed E-state index contributed by atoms with van der Waals surface area (Å²) in [5.74, 6) is -0.257. The van der Waals surface area contributed by atoms with Crippen molar-refractivity contribution >= 4 is 23.2 Å². The second-order valence-corrected chi connectivity index (χ2v) is 5.57. The summed E-state index contributed by atoms with van der Waals surface area (Å²) in [4.78, 5) is 23.8. The number of nitrogens with two attached hydrogens (primary N) is 1. The van der Waals surface area contributed by atoms with Gasteiger partial charge in [-0.05, 0) is 25.3 Å². The van der Waals surface area contributed by atoms with E-state index in [9.17, 15) is 9.59 Å². The second-order valence-electron chi connectivity index (χ2n) is 4.62. The van der Waals surface area contributed by atoms with Gasteiger partial charge in [-0.15, -0.1) is 11.3 Å². The summed E-state index contributed by atoms with van der Waals surface area (Å²) < 4.78 is 0. The summed E-state index contributed by atoms with van der Waals surface area (Å²) in [6.07, 6.45) is 0.251. The molecule has 0 fully saturated rings. The van der Waals surface area contributed by atoms with E-state index in [-0.39, 0.29) is 18.2 Å². The average molecular weight is 269 g/mol. The molecular formula is C12H19N3O2S. The van der Waals surface area contributed by atoms with Crippen LogP contribution in [0.15, 0.2) is 17.5 Å². The Labute approximate surface area is 111 Å². The monoisotopic (exact) mass is 269 g/mol. The van der Waals surface area contributed by atoms with Gasteiger partial charge in [0.05, 0.1) is 4.88 Å². The molecule has 0 radical (unpaired) electrons. The van der Waals surface area contributed by atoms with Crippen LogP contribution in [0.25, 0.3) is 0 Å². The molecule has 1 aromatic rings. The molecule has 1 heterocycles. The van der Waals surface area contributed by atoms with Crippen molar-refractivity contribution in [1.82, 2.24) is 10.6 Å². The molecule has 2 amide bonds. The van der Waals surface area contributed by atoms with Crippen molar-refractivity contribution in [1.29, 1.82) is 0 Å². The fourth-order valence-electron chi connectivity index (χ4n) is 1.28. The molecule has 6 heteroatoms. The molecule has 0 atom stereocenters. The number of hydrogen-bond donors (Lipinski definition) is 3. The summed E-state index contributed by atoms with van der Waals surface area (Å²) in [7, 11) is 0. The first-order chi connectivity index (χ1) is 8.44. The molecule has 0 bridgehead atoms. The molecule has 18 heavy (non-hydrogen) atoms. The third-order valence-corrected chi connectivity index (χ3v) is 3.24. The van der Waals surface area contributed by atoms with Crippen molar-refractivity contribution < 1.29 is 9.59 Å². The minimum absolute atomic E-state index is 0.114. The van der Waals surface area contributed by atoms with Gasteiger partial charge in [-0.3, -0.25) is 9.59 Å². The predicted molar refractivity (Wildman–Crippen MR) is 72.5 cm³/mol. The Bertz CT molecular complexity index is 401. The van der Waals surface area contributed by atoms with Crippen molar-refractivity contribution in [3.05, 3.63) is 22.4 Å². The van der Waals surface area contributed by atoms with E-state index < -0.39 is 5.54 Å². The lowest BCUT2D eigenvalue weighted by Gasteiger charge is -2.24. The van der Waals surface area contributed by atoms with Crippen LogP contribution in [-0.2, 0) is 4.79 Å². The van der Waals surface area contributed by atoms with E-state index in [2.05, 4.69) is 10.6 Å². The molecule has 0 unspecified atom stereocenters. The van der Waals surface area contributed by atoms with Crippen LogP contribution < -0.4 is 16.4 Å². The van der Waals surface area contributed by atoms with E-state index in [4.69, 9.17) is 5.73 Å². The van der Waals surface area contributed by atoms with Crippen molar-refractivity contribution in [2.45, 2.75) is 25.8 Å². The molecule has 100 valence electrons. The molecule has 5 nitrogen and oxygen atoms in total. The Hall–Kier alpha value is -1.40. The zero-order chi connectivity index (χ0) is 13.6. The summed E-state index contributed by atoms with van der Waals surface area (Å²) in [5, 5.41) is 7.34. The number of amides is 2. The molecule has 0 aliphatic rings. The van der Waals surface area contributed by atoms with Crippen LogP contribution in [0.5, 0.6) is 0 Å². The van der Waals surface area contributed by atoms with E-state index in [0.29, 0.717) is 18.0 Å². The number of nitrogens with one attached hydrogen (secondary N) is 2. The number of hydrogen-bond acceptors (Lipinski definition) is 4. The molecule has 0 aliphatic heterocycles. The molecule has 1 rings (SSSR count). The highest BCUT2D eigenvalue weighted by Crippen LogP contribution is 2.07. The lowest BCUT2D eigenvalue weighted by Crippen LogP contribution is -2.49. The van der Waals surface area contributed by atoms with E-state index in [1.807, 2.05) is 25.3 Å². The van der Waals surface area contributed by atoms with Crippen molar-refractivity contribution in [3.63, 3.8) is 0 Å². The number of carbonyl (C=O) groups excluding carboxylic acids is 2. The Balaban J connectivity index is 2.26. The van der Waals surface area contributed by atoms with Gasteiger partial charge in [0.2, 0.25) is 5.91 Å². The Kier molecular flexibility index (Phi) is 5.30. The van der Waals surface area contributed by atoms with E-state index in [0.717, 1.165) is 0 Å². The lowest BCUT2D eigenvalue weighted by molar-refractivity contribution is -0.122. The van der Waals surface area contributed by atoms with Crippen LogP contribution in [0.3, 0.4) is 0 Å². The zero-order valence-corrected chi connectivity index (χ0v) is 11.5. The fourth-order valence-corrected chi connectivity index (χ4v) is 1.92. The van der Waals surface area contributed by atoms with Gasteiger partial charge in [0.1, 0.15) is 0 Å². The second kappa shape index (κ2) is 6.51. The molecule has 0 spiro atoms. The first-order valence-electron chi connectivity index (χ1n) is 5.77. The first-order valence-corrected chi connectivity index (χ1v) is 6.65. The summed E-state index contributed by atoms with van der Waals surface area (Å²) in [5.41, 5.74) is 5.10. The maximum atomic E-state index is 11.6. The van der Waals surface area contributed by atoms with Crippen LogP contribution in [0.1, 0.15) is 29.9 Å². The van der Waals surface area contributed by atoms with Gasteiger partial charge in [-0.2, -0.15) is 0 Å². The van der Waals surface area contributed by atoms with Crippen LogP contribution in [-0.4, -0.2) is 30.4 Å². The minimum atomic E-state index is -0.408. The predicted octanol–water partition coefficient (Wildman–Crippen LogP) is 0.721. The van der Waals surface area contributed by atoms with Gasteiger partial charge in [0.15, 0.2) is 0 Å². The Morgan fingerprint density at radius 2 is 2.17 bits per heavy atom. The number of thiophene rings is 1. The van der Waals surface area contributed by atoms with Crippen LogP contribution >= 0.6 is 11.3 Å². The smallest absolute Gasteiger partial charge is 0.261 e. The van der Waals surface area contributed by atoms with Crippen molar-refractivity contribution in [2.75, 3.05) is 13.1 Å². The molecule has 0 aromatic carbocycles. The van der Waals surface area contributed by atoms with Crippen molar-refractivity contribution in [3.8, 4) is 0 Å². The van der Waals surface area contributed by atoms with E-state index >= 15 is 0 Å². The highest BCUT2D eigenvalue weighted by molar-refractivity contribution is 7.12. The first kappa shape index (κ1) is 14.7. The molecular weight excluding hydrogens is 250 g/mol. The number of rotatable bonds is 6. The minimum Gasteiger partial charge on any atom is -0.351 e. The van der Waals surface area contributed by atoms with Gasteiger partial charge in [0.25, 0.3) is 5.91 Å². The van der Waals surface area contributed by atoms with Gasteiger partial charge in [-0.1, -0.05) is 6.07 Å². The van der Waals surface area contributed by atoms with Crippen LogP contribution in [0.2, 0.25) is 0 Å². The van der Waals surface area contributed by atoms with Crippen molar-refractivity contribution in [2.24, 2.45) is 5.73 Å². The summed E-state index contributed by atoms with van der Waals surface area (Å²) in [6, 6.07) is 3.56. The largest absolute Gasteiger partial charge is 0.351 e. The van der Waals surface area contributed by atoms with Crippen LogP contribution in [0, 0.1) is 0 Å². The van der Waals surface area contributed by atoms with Crippen LogP contribution in [0.4, 0.5) is 0 Å². The average Bonchev–Trinajstić information content (AvgIpc) is 2.81. The molecule has 0 saturated carbocycles. The quantitative estimate of drug-likeness (QED) is 0.711.